The second-order valence-corrected chi connectivity index (χ2v) is 3.85. The maximum Gasteiger partial charge on any atom is 0.123 e. The number of rotatable bonds is 1. The van der Waals surface area contributed by atoms with E-state index in [-0.39, 0.29) is 0 Å². The van der Waals surface area contributed by atoms with E-state index < -0.39 is 10.7 Å². The van der Waals surface area contributed by atoms with Crippen LogP contribution in [-0.2, 0) is 10.7 Å². The first kappa shape index (κ1) is 8.20. The number of aromatic nitrogens is 1. The molecule has 1 atom stereocenters. The number of nitrogen functional groups attached to an aromatic ring is 1. The third-order valence-electron chi connectivity index (χ3n) is 1.41. The lowest BCUT2D eigenvalue weighted by Crippen LogP contribution is -1.95. The molecule has 0 aliphatic heterocycles. The van der Waals surface area contributed by atoms with Crippen LogP contribution in [0.15, 0.2) is 17.2 Å². The van der Waals surface area contributed by atoms with E-state index in [4.69, 9.17) is 10.5 Å². The molecule has 1 rings (SSSR count). The number of nitrogens with two attached hydrogens (primary N) is 1. The highest BCUT2D eigenvalue weighted by Crippen LogP contribution is 2.12. The molecule has 0 aliphatic carbocycles. The third-order valence-corrected chi connectivity index (χ3v) is 2.50. The summed E-state index contributed by atoms with van der Waals surface area (Å²) < 4.78 is 7.48. The van der Waals surface area contributed by atoms with E-state index in [1.807, 2.05) is 13.2 Å². The lowest BCUT2D eigenvalue weighted by molar-refractivity contribution is 1.18. The van der Waals surface area contributed by atoms with Gasteiger partial charge in [0.25, 0.3) is 0 Å². The minimum Gasteiger partial charge on any atom is -0.384 e. The van der Waals surface area contributed by atoms with Gasteiger partial charge in [-0.25, -0.2) is 4.98 Å². The van der Waals surface area contributed by atoms with Gasteiger partial charge in [-0.2, -0.15) is 0 Å². The molecular formula is C7H11N3S. The van der Waals surface area contributed by atoms with Crippen molar-refractivity contribution in [2.75, 3.05) is 12.0 Å². The molecule has 1 aromatic heterocycles. The summed E-state index contributed by atoms with van der Waals surface area (Å²) >= 11 is 0. The minimum absolute atomic E-state index is 0.467. The lowest BCUT2D eigenvalue weighted by atomic mass is 10.3. The number of hydrogen-bond donors (Lipinski definition) is 2. The molecule has 1 unspecified atom stereocenters. The standard InChI is InChI=1S/C7H11N3S/c1-5-3-7(8)10-4-6(5)11(2)9/h3-4,9H,1-2H3,(H2,8,10). The molecular weight excluding hydrogens is 158 g/mol. The average molecular weight is 169 g/mol. The Hall–Kier alpha value is -0.900. The van der Waals surface area contributed by atoms with Gasteiger partial charge in [0, 0.05) is 11.1 Å². The van der Waals surface area contributed by atoms with Crippen LogP contribution in [0.5, 0.6) is 0 Å². The van der Waals surface area contributed by atoms with Gasteiger partial charge in [-0.05, 0) is 24.8 Å². The molecule has 11 heavy (non-hydrogen) atoms. The molecule has 0 spiro atoms. The number of nitrogens with one attached hydrogen (secondary N) is 1. The molecule has 0 bridgehead atoms. The first-order valence-corrected chi connectivity index (χ1v) is 4.84. The molecule has 3 N–H and O–H groups in total. The van der Waals surface area contributed by atoms with Crippen molar-refractivity contribution in [3.8, 4) is 0 Å². The van der Waals surface area contributed by atoms with Gasteiger partial charge in [0.1, 0.15) is 5.82 Å². The SMILES string of the molecule is Cc1cc(N)ncc1S(C)=N. The van der Waals surface area contributed by atoms with E-state index in [0.29, 0.717) is 5.82 Å². The Morgan fingerprint density at radius 1 is 1.64 bits per heavy atom. The van der Waals surface area contributed by atoms with Crippen molar-refractivity contribution in [1.29, 1.82) is 4.78 Å². The summed E-state index contributed by atoms with van der Waals surface area (Å²) in [6.45, 7) is 1.95. The van der Waals surface area contributed by atoms with E-state index in [2.05, 4.69) is 4.98 Å². The van der Waals surface area contributed by atoms with Crippen LogP contribution in [0.3, 0.4) is 0 Å². The van der Waals surface area contributed by atoms with Gasteiger partial charge in [-0.3, -0.25) is 4.78 Å². The molecule has 1 heterocycles. The molecule has 1 aromatic rings. The number of anilines is 1. The highest BCUT2D eigenvalue weighted by molar-refractivity contribution is 7.85. The van der Waals surface area contributed by atoms with Crippen molar-refractivity contribution < 1.29 is 0 Å². The molecule has 0 amide bonds. The molecule has 0 aliphatic rings. The van der Waals surface area contributed by atoms with E-state index in [1.54, 1.807) is 12.3 Å². The normalized spacial score (nSPS) is 12.9. The summed E-state index contributed by atoms with van der Waals surface area (Å²) in [6.07, 6.45) is 3.53. The average Bonchev–Trinajstić information content (AvgIpc) is 1.85. The molecule has 0 radical (unpaired) electrons. The second-order valence-electron chi connectivity index (χ2n) is 2.38. The Morgan fingerprint density at radius 2 is 2.27 bits per heavy atom. The fraction of sp³-hybridized carbons (Fsp3) is 0.286. The Morgan fingerprint density at radius 3 is 2.73 bits per heavy atom. The number of hydrogen-bond acceptors (Lipinski definition) is 3. The summed E-state index contributed by atoms with van der Waals surface area (Å²) in [5.41, 5.74) is 6.51. The summed E-state index contributed by atoms with van der Waals surface area (Å²) in [5.74, 6) is 0.525. The first-order valence-electron chi connectivity index (χ1n) is 3.20. The highest BCUT2D eigenvalue weighted by Gasteiger charge is 1.99. The maximum absolute atomic E-state index is 7.48. The van der Waals surface area contributed by atoms with Crippen molar-refractivity contribution in [3.63, 3.8) is 0 Å². The molecule has 0 fully saturated rings. The summed E-state index contributed by atoms with van der Waals surface area (Å²) in [5, 5.41) is 0. The lowest BCUT2D eigenvalue weighted by Gasteiger charge is -2.03. The predicted octanol–water partition coefficient (Wildman–Crippen LogP) is 1.34. The second kappa shape index (κ2) is 3.00. The van der Waals surface area contributed by atoms with Gasteiger partial charge in [0.05, 0.1) is 0 Å². The zero-order valence-corrected chi connectivity index (χ0v) is 7.40. The number of pyridine rings is 1. The van der Waals surface area contributed by atoms with Crippen molar-refractivity contribution in [2.45, 2.75) is 11.8 Å². The van der Waals surface area contributed by atoms with Crippen molar-refractivity contribution in [2.24, 2.45) is 0 Å². The van der Waals surface area contributed by atoms with Crippen LogP contribution in [0.2, 0.25) is 0 Å². The summed E-state index contributed by atoms with van der Waals surface area (Å²) in [4.78, 5) is 4.90. The monoisotopic (exact) mass is 169 g/mol. The first-order chi connectivity index (χ1) is 5.11. The largest absolute Gasteiger partial charge is 0.384 e. The zero-order chi connectivity index (χ0) is 8.43. The van der Waals surface area contributed by atoms with Crippen LogP contribution in [0, 0.1) is 11.7 Å². The van der Waals surface area contributed by atoms with Crippen LogP contribution >= 0.6 is 0 Å². The van der Waals surface area contributed by atoms with Gasteiger partial charge in [0.2, 0.25) is 0 Å². The minimum atomic E-state index is -0.467. The maximum atomic E-state index is 7.48. The molecule has 3 nitrogen and oxygen atoms in total. The van der Waals surface area contributed by atoms with Crippen molar-refractivity contribution in [3.05, 3.63) is 17.8 Å². The van der Waals surface area contributed by atoms with Crippen LogP contribution in [0.1, 0.15) is 5.56 Å². The van der Waals surface area contributed by atoms with E-state index in [0.717, 1.165) is 10.5 Å². The van der Waals surface area contributed by atoms with Crippen LogP contribution in [0.25, 0.3) is 0 Å². The molecule has 0 aromatic carbocycles. The fourth-order valence-corrected chi connectivity index (χ4v) is 1.64. The Kier molecular flexibility index (Phi) is 2.24. The highest BCUT2D eigenvalue weighted by atomic mass is 32.2. The van der Waals surface area contributed by atoms with Crippen LogP contribution < -0.4 is 5.73 Å². The van der Waals surface area contributed by atoms with E-state index in [9.17, 15) is 0 Å². The van der Waals surface area contributed by atoms with E-state index in [1.165, 1.54) is 0 Å². The Bertz CT molecular complexity index is 296. The Labute approximate surface area is 68.5 Å². The zero-order valence-electron chi connectivity index (χ0n) is 6.59. The van der Waals surface area contributed by atoms with Crippen LogP contribution in [-0.4, -0.2) is 11.2 Å². The predicted molar refractivity (Wildman–Crippen MR) is 47.7 cm³/mol. The summed E-state index contributed by atoms with van der Waals surface area (Å²) in [6, 6.07) is 1.80. The van der Waals surface area contributed by atoms with Gasteiger partial charge in [-0.1, -0.05) is 10.7 Å². The smallest absolute Gasteiger partial charge is 0.123 e. The van der Waals surface area contributed by atoms with Crippen LogP contribution in [0.4, 0.5) is 5.82 Å². The van der Waals surface area contributed by atoms with Gasteiger partial charge in [-0.15, -0.1) is 0 Å². The molecule has 4 heteroatoms. The van der Waals surface area contributed by atoms with Crippen molar-refractivity contribution >= 4 is 16.5 Å². The fourth-order valence-electron chi connectivity index (χ4n) is 0.886. The molecule has 0 saturated heterocycles. The van der Waals surface area contributed by atoms with E-state index >= 15 is 0 Å². The molecule has 60 valence electrons. The molecule has 0 saturated carbocycles. The van der Waals surface area contributed by atoms with Gasteiger partial charge >= 0.3 is 0 Å². The van der Waals surface area contributed by atoms with Gasteiger partial charge < -0.3 is 5.73 Å². The quantitative estimate of drug-likeness (QED) is 0.666. The summed E-state index contributed by atoms with van der Waals surface area (Å²) in [7, 11) is -0.467. The number of nitrogens with zero attached hydrogens (tertiary/aromatic N) is 1. The number of aryl methyl sites for hydroxylation is 1. The Balaban J connectivity index is 3.20. The third kappa shape index (κ3) is 1.77. The topological polar surface area (TPSA) is 62.8 Å². The van der Waals surface area contributed by atoms with Gasteiger partial charge in [0.15, 0.2) is 0 Å². The van der Waals surface area contributed by atoms with Crippen molar-refractivity contribution in [1.82, 2.24) is 4.98 Å².